The highest BCUT2D eigenvalue weighted by Crippen LogP contribution is 2.29. The van der Waals surface area contributed by atoms with Crippen LogP contribution in [0.4, 0.5) is 0 Å². The van der Waals surface area contributed by atoms with Crippen LogP contribution >= 0.6 is 0 Å². The predicted octanol–water partition coefficient (Wildman–Crippen LogP) is 5.06. The topological polar surface area (TPSA) is 12.9 Å². The molecule has 0 aliphatic rings. The zero-order chi connectivity index (χ0) is 13.4. The van der Waals surface area contributed by atoms with Gasteiger partial charge < -0.3 is 0 Å². The van der Waals surface area contributed by atoms with Gasteiger partial charge in [-0.2, -0.15) is 0 Å². The van der Waals surface area contributed by atoms with Crippen LogP contribution in [0.25, 0.3) is 32.8 Å². The van der Waals surface area contributed by atoms with Crippen molar-refractivity contribution in [1.29, 1.82) is 0 Å². The van der Waals surface area contributed by atoms with E-state index in [-0.39, 0.29) is 0 Å². The summed E-state index contributed by atoms with van der Waals surface area (Å²) in [6.07, 6.45) is 1.84. The number of nitrogens with zero attached hydrogens (tertiary/aromatic N) is 1. The third-order valence-corrected chi connectivity index (χ3v) is 3.71. The summed E-state index contributed by atoms with van der Waals surface area (Å²) in [5.41, 5.74) is 2.18. The fourth-order valence-corrected chi connectivity index (χ4v) is 2.69. The van der Waals surface area contributed by atoms with Crippen LogP contribution in [0.2, 0.25) is 0 Å². The van der Waals surface area contributed by atoms with Crippen molar-refractivity contribution < 1.29 is 0 Å². The molecule has 0 fully saturated rings. The smallest absolute Gasteiger partial charge is 0.0702 e. The van der Waals surface area contributed by atoms with E-state index >= 15 is 0 Å². The van der Waals surface area contributed by atoms with Gasteiger partial charge in [-0.25, -0.2) is 0 Å². The number of pyridine rings is 1. The summed E-state index contributed by atoms with van der Waals surface area (Å²) in [6, 6.07) is 25.4. The van der Waals surface area contributed by atoms with E-state index in [9.17, 15) is 0 Å². The molecule has 0 atom stereocenters. The second kappa shape index (κ2) is 4.46. The summed E-state index contributed by atoms with van der Waals surface area (Å²) >= 11 is 0. The van der Waals surface area contributed by atoms with Gasteiger partial charge in [-0.3, -0.25) is 4.98 Å². The fraction of sp³-hybridized carbons (Fsp3) is 0. The molecule has 0 saturated heterocycles. The SMILES string of the molecule is c1ccc(-c2ccc3ccc4ccccc4c3c2)nc1. The van der Waals surface area contributed by atoms with Crippen molar-refractivity contribution >= 4 is 21.5 Å². The third-order valence-electron chi connectivity index (χ3n) is 3.71. The zero-order valence-electron chi connectivity index (χ0n) is 11.0. The lowest BCUT2D eigenvalue weighted by molar-refractivity contribution is 1.33. The molecule has 3 aromatic carbocycles. The van der Waals surface area contributed by atoms with Gasteiger partial charge in [-0.05, 0) is 39.7 Å². The maximum Gasteiger partial charge on any atom is 0.0702 e. The van der Waals surface area contributed by atoms with Crippen LogP contribution in [0.15, 0.2) is 79.0 Å². The first kappa shape index (κ1) is 11.2. The average Bonchev–Trinajstić information content (AvgIpc) is 2.55. The van der Waals surface area contributed by atoms with E-state index in [4.69, 9.17) is 0 Å². The van der Waals surface area contributed by atoms with Gasteiger partial charge in [0.1, 0.15) is 0 Å². The highest BCUT2D eigenvalue weighted by molar-refractivity contribution is 6.08. The quantitative estimate of drug-likeness (QED) is 0.433. The van der Waals surface area contributed by atoms with Crippen molar-refractivity contribution in [3.63, 3.8) is 0 Å². The molecule has 0 unspecified atom stereocenters. The van der Waals surface area contributed by atoms with Crippen molar-refractivity contribution in [3.8, 4) is 11.3 Å². The molecule has 4 rings (SSSR count). The van der Waals surface area contributed by atoms with E-state index in [1.807, 2.05) is 24.4 Å². The minimum Gasteiger partial charge on any atom is -0.256 e. The Hall–Kier alpha value is -2.67. The third kappa shape index (κ3) is 1.76. The molecule has 4 aromatic rings. The Labute approximate surface area is 117 Å². The average molecular weight is 255 g/mol. The molecule has 0 aliphatic heterocycles. The highest BCUT2D eigenvalue weighted by atomic mass is 14.7. The fourth-order valence-electron chi connectivity index (χ4n) is 2.69. The van der Waals surface area contributed by atoms with Crippen LogP contribution in [-0.2, 0) is 0 Å². The van der Waals surface area contributed by atoms with E-state index in [0.717, 1.165) is 11.3 Å². The molecule has 1 heteroatoms. The minimum atomic E-state index is 1.02. The molecule has 0 N–H and O–H groups in total. The van der Waals surface area contributed by atoms with Gasteiger partial charge in [0.15, 0.2) is 0 Å². The zero-order valence-corrected chi connectivity index (χ0v) is 11.0. The summed E-state index contributed by atoms with van der Waals surface area (Å²) in [5, 5.41) is 5.12. The van der Waals surface area contributed by atoms with E-state index in [2.05, 4.69) is 59.6 Å². The Kier molecular flexibility index (Phi) is 2.49. The number of benzene rings is 3. The van der Waals surface area contributed by atoms with Gasteiger partial charge in [0.05, 0.1) is 5.69 Å². The van der Waals surface area contributed by atoms with Gasteiger partial charge in [0.25, 0.3) is 0 Å². The largest absolute Gasteiger partial charge is 0.256 e. The van der Waals surface area contributed by atoms with Crippen LogP contribution in [0.1, 0.15) is 0 Å². The monoisotopic (exact) mass is 255 g/mol. The molecule has 0 saturated carbocycles. The van der Waals surface area contributed by atoms with E-state index in [0.29, 0.717) is 0 Å². The summed E-state index contributed by atoms with van der Waals surface area (Å²) in [7, 11) is 0. The lowest BCUT2D eigenvalue weighted by Gasteiger charge is -2.06. The maximum absolute atomic E-state index is 4.44. The van der Waals surface area contributed by atoms with Crippen LogP contribution in [0.3, 0.4) is 0 Å². The summed E-state index contributed by atoms with van der Waals surface area (Å²) in [5.74, 6) is 0. The first-order valence-electron chi connectivity index (χ1n) is 6.75. The second-order valence-corrected chi connectivity index (χ2v) is 4.94. The molecular formula is C19H13N. The Morgan fingerprint density at radius 2 is 1.35 bits per heavy atom. The number of hydrogen-bond donors (Lipinski definition) is 0. The van der Waals surface area contributed by atoms with Gasteiger partial charge >= 0.3 is 0 Å². The summed E-state index contributed by atoms with van der Waals surface area (Å²) < 4.78 is 0. The molecule has 0 spiro atoms. The molecular weight excluding hydrogens is 242 g/mol. The molecule has 0 bridgehead atoms. The van der Waals surface area contributed by atoms with Gasteiger partial charge in [-0.15, -0.1) is 0 Å². The van der Waals surface area contributed by atoms with Crippen molar-refractivity contribution in [2.45, 2.75) is 0 Å². The summed E-state index contributed by atoms with van der Waals surface area (Å²) in [4.78, 5) is 4.44. The summed E-state index contributed by atoms with van der Waals surface area (Å²) in [6.45, 7) is 0. The highest BCUT2D eigenvalue weighted by Gasteiger charge is 2.03. The first-order valence-corrected chi connectivity index (χ1v) is 6.75. The van der Waals surface area contributed by atoms with Crippen molar-refractivity contribution in [2.75, 3.05) is 0 Å². The normalized spacial score (nSPS) is 11.0. The van der Waals surface area contributed by atoms with E-state index in [1.54, 1.807) is 0 Å². The van der Waals surface area contributed by atoms with Gasteiger partial charge in [0, 0.05) is 11.8 Å². The van der Waals surface area contributed by atoms with Crippen LogP contribution in [0, 0.1) is 0 Å². The Morgan fingerprint density at radius 1 is 0.600 bits per heavy atom. The number of fused-ring (bicyclic) bond motifs is 3. The Morgan fingerprint density at radius 3 is 2.20 bits per heavy atom. The molecule has 0 amide bonds. The Balaban J connectivity index is 2.05. The lowest BCUT2D eigenvalue weighted by atomic mass is 9.99. The molecule has 20 heavy (non-hydrogen) atoms. The van der Waals surface area contributed by atoms with Crippen molar-refractivity contribution in [3.05, 3.63) is 79.0 Å². The molecule has 1 aromatic heterocycles. The first-order chi connectivity index (χ1) is 9.92. The molecule has 0 aliphatic carbocycles. The molecule has 94 valence electrons. The Bertz CT molecular complexity index is 895. The number of aromatic nitrogens is 1. The van der Waals surface area contributed by atoms with Crippen LogP contribution in [0.5, 0.6) is 0 Å². The number of rotatable bonds is 1. The maximum atomic E-state index is 4.44. The van der Waals surface area contributed by atoms with Crippen LogP contribution < -0.4 is 0 Å². The van der Waals surface area contributed by atoms with Gasteiger partial charge in [0.2, 0.25) is 0 Å². The van der Waals surface area contributed by atoms with Crippen LogP contribution in [-0.4, -0.2) is 4.98 Å². The number of hydrogen-bond acceptors (Lipinski definition) is 1. The second-order valence-electron chi connectivity index (χ2n) is 4.94. The minimum absolute atomic E-state index is 1.02. The molecule has 1 heterocycles. The van der Waals surface area contributed by atoms with Crippen molar-refractivity contribution in [2.24, 2.45) is 0 Å². The molecule has 0 radical (unpaired) electrons. The predicted molar refractivity (Wildman–Crippen MR) is 84.7 cm³/mol. The molecule has 1 nitrogen and oxygen atoms in total. The van der Waals surface area contributed by atoms with Gasteiger partial charge in [-0.1, -0.05) is 54.6 Å². The van der Waals surface area contributed by atoms with E-state index in [1.165, 1.54) is 21.5 Å². The van der Waals surface area contributed by atoms with E-state index < -0.39 is 0 Å². The standard InChI is InChI=1S/C19H13N/c1-2-6-17-14(5-1)8-9-15-10-11-16(13-18(15)17)19-7-3-4-12-20-19/h1-13H. The van der Waals surface area contributed by atoms with Crippen molar-refractivity contribution in [1.82, 2.24) is 4.98 Å². The lowest BCUT2D eigenvalue weighted by Crippen LogP contribution is -1.83.